The Kier molecular flexibility index (Phi) is 5.91. The lowest BCUT2D eigenvalue weighted by Crippen LogP contribution is -2.45. The molecule has 2 rings (SSSR count). The summed E-state index contributed by atoms with van der Waals surface area (Å²) in [6, 6.07) is 6.89. The first kappa shape index (κ1) is 17.3. The number of rotatable bonds is 6. The van der Waals surface area contributed by atoms with E-state index in [-0.39, 0.29) is 17.7 Å². The summed E-state index contributed by atoms with van der Waals surface area (Å²) in [5.41, 5.74) is 0.974. The van der Waals surface area contributed by atoms with E-state index < -0.39 is 10.0 Å². The van der Waals surface area contributed by atoms with Gasteiger partial charge in [-0.2, -0.15) is 0 Å². The molecule has 0 aromatic heterocycles. The van der Waals surface area contributed by atoms with Crippen LogP contribution in [0.3, 0.4) is 0 Å². The average molecular weight is 329 g/mol. The van der Waals surface area contributed by atoms with Gasteiger partial charge in [-0.1, -0.05) is 12.1 Å². The van der Waals surface area contributed by atoms with E-state index in [1.165, 1.54) is 10.4 Å². The van der Waals surface area contributed by atoms with Gasteiger partial charge in [-0.15, -0.1) is 0 Å². The Morgan fingerprint density at radius 2 is 2.00 bits per heavy atom. The molecule has 22 heavy (non-hydrogen) atoms. The number of hydrogen-bond donors (Lipinski definition) is 1. The predicted octanol–water partition coefficient (Wildman–Crippen LogP) is 1.23. The number of nitrogens with one attached hydrogen (secondary N) is 1. The van der Waals surface area contributed by atoms with Gasteiger partial charge in [-0.3, -0.25) is 10.2 Å². The van der Waals surface area contributed by atoms with Crippen LogP contribution in [0.25, 0.3) is 0 Å². The van der Waals surface area contributed by atoms with Crippen LogP contribution < -0.4 is 5.32 Å². The van der Waals surface area contributed by atoms with Crippen LogP contribution in [0.1, 0.15) is 18.4 Å². The summed E-state index contributed by atoms with van der Waals surface area (Å²) in [7, 11) is -0.117. The zero-order chi connectivity index (χ0) is 16.2. The summed E-state index contributed by atoms with van der Waals surface area (Å²) in [4.78, 5) is 2.27. The number of likely N-dealkylation sites (tertiary alicyclic amines) is 1. The molecule has 0 atom stereocenters. The van der Waals surface area contributed by atoms with Gasteiger partial charge in [0.05, 0.1) is 0 Å². The SMILES string of the molecule is CN(C)S(=O)(=O)CNC1CCN(Cc2cccc(F)c2)CC1. The van der Waals surface area contributed by atoms with Gasteiger partial charge in [0.25, 0.3) is 0 Å². The molecule has 1 aromatic rings. The fraction of sp³-hybridized carbons (Fsp3) is 0.600. The Balaban J connectivity index is 1.76. The fourth-order valence-corrected chi connectivity index (χ4v) is 3.25. The Morgan fingerprint density at radius 3 is 2.59 bits per heavy atom. The average Bonchev–Trinajstić information content (AvgIpc) is 2.46. The summed E-state index contributed by atoms with van der Waals surface area (Å²) in [5.74, 6) is -0.225. The smallest absolute Gasteiger partial charge is 0.226 e. The number of benzene rings is 1. The third-order valence-electron chi connectivity index (χ3n) is 3.99. The van der Waals surface area contributed by atoms with Gasteiger partial charge in [0, 0.05) is 26.7 Å². The lowest BCUT2D eigenvalue weighted by molar-refractivity contribution is 0.193. The lowest BCUT2D eigenvalue weighted by atomic mass is 10.0. The maximum Gasteiger partial charge on any atom is 0.226 e. The molecule has 1 fully saturated rings. The predicted molar refractivity (Wildman–Crippen MR) is 85.3 cm³/mol. The molecule has 5 nitrogen and oxygen atoms in total. The Labute approximate surface area is 132 Å². The molecule has 1 heterocycles. The van der Waals surface area contributed by atoms with Crippen molar-refractivity contribution in [3.8, 4) is 0 Å². The normalized spacial score (nSPS) is 18.0. The minimum Gasteiger partial charge on any atom is -0.300 e. The van der Waals surface area contributed by atoms with Gasteiger partial charge < -0.3 is 0 Å². The molecule has 1 aliphatic rings. The summed E-state index contributed by atoms with van der Waals surface area (Å²) < 4.78 is 37.9. The number of halogens is 1. The maximum atomic E-state index is 13.2. The largest absolute Gasteiger partial charge is 0.300 e. The van der Waals surface area contributed by atoms with Crippen molar-refractivity contribution >= 4 is 10.0 Å². The van der Waals surface area contributed by atoms with Gasteiger partial charge in [0.1, 0.15) is 11.7 Å². The second-order valence-electron chi connectivity index (χ2n) is 5.92. The van der Waals surface area contributed by atoms with Crippen LogP contribution in [0, 0.1) is 5.82 Å². The van der Waals surface area contributed by atoms with E-state index in [1.807, 2.05) is 6.07 Å². The van der Waals surface area contributed by atoms with E-state index >= 15 is 0 Å². The molecule has 0 unspecified atom stereocenters. The second-order valence-corrected chi connectivity index (χ2v) is 8.11. The van der Waals surface area contributed by atoms with Crippen molar-refractivity contribution in [3.63, 3.8) is 0 Å². The lowest BCUT2D eigenvalue weighted by Gasteiger charge is -2.32. The van der Waals surface area contributed by atoms with Crippen LogP contribution in [0.15, 0.2) is 24.3 Å². The number of piperidine rings is 1. The van der Waals surface area contributed by atoms with Gasteiger partial charge in [-0.05, 0) is 43.6 Å². The van der Waals surface area contributed by atoms with Crippen LogP contribution in [-0.4, -0.2) is 56.7 Å². The molecule has 0 spiro atoms. The minimum atomic E-state index is -3.20. The fourth-order valence-electron chi connectivity index (χ4n) is 2.54. The molecule has 0 saturated carbocycles. The zero-order valence-corrected chi connectivity index (χ0v) is 13.9. The third-order valence-corrected chi connectivity index (χ3v) is 5.64. The molecular weight excluding hydrogens is 305 g/mol. The van der Waals surface area contributed by atoms with Crippen molar-refractivity contribution in [1.29, 1.82) is 0 Å². The molecule has 7 heteroatoms. The van der Waals surface area contributed by atoms with E-state index in [0.29, 0.717) is 0 Å². The molecule has 1 aliphatic heterocycles. The van der Waals surface area contributed by atoms with E-state index in [2.05, 4.69) is 10.2 Å². The van der Waals surface area contributed by atoms with Crippen LogP contribution in [0.2, 0.25) is 0 Å². The number of hydrogen-bond acceptors (Lipinski definition) is 4. The first-order chi connectivity index (χ1) is 10.4. The van der Waals surface area contributed by atoms with E-state index in [1.54, 1.807) is 26.2 Å². The summed E-state index contributed by atoms with van der Waals surface area (Å²) in [6.07, 6.45) is 1.80. The molecule has 0 amide bonds. The van der Waals surface area contributed by atoms with Crippen LogP contribution in [0.4, 0.5) is 4.39 Å². The first-order valence-corrected chi connectivity index (χ1v) is 9.08. The van der Waals surface area contributed by atoms with Gasteiger partial charge in [-0.25, -0.2) is 17.1 Å². The van der Waals surface area contributed by atoms with Crippen molar-refractivity contribution in [1.82, 2.24) is 14.5 Å². The standard InChI is InChI=1S/C15H24FN3O2S/c1-18(2)22(20,21)12-17-15-6-8-19(9-7-15)11-13-4-3-5-14(16)10-13/h3-5,10,15,17H,6-9,11-12H2,1-2H3. The van der Waals surface area contributed by atoms with Crippen LogP contribution in [-0.2, 0) is 16.6 Å². The zero-order valence-electron chi connectivity index (χ0n) is 13.1. The summed E-state index contributed by atoms with van der Waals surface area (Å²) >= 11 is 0. The van der Waals surface area contributed by atoms with Crippen molar-refractivity contribution in [3.05, 3.63) is 35.6 Å². The number of sulfonamides is 1. The molecule has 124 valence electrons. The van der Waals surface area contributed by atoms with Crippen molar-refractivity contribution in [2.75, 3.05) is 33.1 Å². The minimum absolute atomic E-state index is 0.0193. The molecular formula is C15H24FN3O2S. The van der Waals surface area contributed by atoms with E-state index in [9.17, 15) is 12.8 Å². The summed E-state index contributed by atoms with van der Waals surface area (Å²) in [6.45, 7) is 2.51. The summed E-state index contributed by atoms with van der Waals surface area (Å²) in [5, 5.41) is 3.12. The van der Waals surface area contributed by atoms with Crippen molar-refractivity contribution in [2.24, 2.45) is 0 Å². The monoisotopic (exact) mass is 329 g/mol. The van der Waals surface area contributed by atoms with Gasteiger partial charge in [0.15, 0.2) is 0 Å². The molecule has 0 bridgehead atoms. The second kappa shape index (κ2) is 7.50. The highest BCUT2D eigenvalue weighted by Gasteiger charge is 2.21. The highest BCUT2D eigenvalue weighted by molar-refractivity contribution is 7.89. The topological polar surface area (TPSA) is 52.7 Å². The first-order valence-electron chi connectivity index (χ1n) is 7.47. The Hall–Kier alpha value is -1.02. The quantitative estimate of drug-likeness (QED) is 0.853. The molecule has 1 saturated heterocycles. The van der Waals surface area contributed by atoms with Crippen LogP contribution >= 0.6 is 0 Å². The number of nitrogens with zero attached hydrogens (tertiary/aromatic N) is 2. The molecule has 0 aliphatic carbocycles. The van der Waals surface area contributed by atoms with Crippen LogP contribution in [0.5, 0.6) is 0 Å². The highest BCUT2D eigenvalue weighted by Crippen LogP contribution is 2.14. The Morgan fingerprint density at radius 1 is 1.32 bits per heavy atom. The molecule has 0 radical (unpaired) electrons. The van der Waals surface area contributed by atoms with Gasteiger partial charge >= 0.3 is 0 Å². The van der Waals surface area contributed by atoms with Crippen molar-refractivity contribution < 1.29 is 12.8 Å². The van der Waals surface area contributed by atoms with Crippen molar-refractivity contribution in [2.45, 2.75) is 25.4 Å². The van der Waals surface area contributed by atoms with Gasteiger partial charge in [0.2, 0.25) is 10.0 Å². The maximum absolute atomic E-state index is 13.2. The molecule has 1 aromatic carbocycles. The highest BCUT2D eigenvalue weighted by atomic mass is 32.2. The third kappa shape index (κ3) is 5.01. The van der Waals surface area contributed by atoms with E-state index in [4.69, 9.17) is 0 Å². The molecule has 1 N–H and O–H groups in total. The van der Waals surface area contributed by atoms with E-state index in [0.717, 1.165) is 38.0 Å². The Bertz CT molecular complexity index is 584.